The maximum absolute atomic E-state index is 11.6. The van der Waals surface area contributed by atoms with Crippen molar-refractivity contribution in [1.29, 1.82) is 0 Å². The molecule has 0 saturated carbocycles. The minimum absolute atomic E-state index is 0.107. The van der Waals surface area contributed by atoms with Crippen LogP contribution < -0.4 is 5.32 Å². The van der Waals surface area contributed by atoms with Crippen LogP contribution in [-0.2, 0) is 20.9 Å². The molecule has 2 rings (SSSR count). The summed E-state index contributed by atoms with van der Waals surface area (Å²) in [6.07, 6.45) is 2.14. The zero-order valence-electron chi connectivity index (χ0n) is 10.7. The molecule has 2 aromatic rings. The van der Waals surface area contributed by atoms with Gasteiger partial charge in [0.05, 0.1) is 13.5 Å². The first-order valence-corrected chi connectivity index (χ1v) is 6.09. The van der Waals surface area contributed by atoms with Crippen molar-refractivity contribution in [2.45, 2.75) is 19.4 Å². The lowest BCUT2D eigenvalue weighted by Crippen LogP contribution is -2.23. The number of methoxy groups -OCH3 is 1. The van der Waals surface area contributed by atoms with Gasteiger partial charge in [-0.25, -0.2) is 0 Å². The molecule has 19 heavy (non-hydrogen) atoms. The van der Waals surface area contributed by atoms with Crippen LogP contribution in [-0.4, -0.2) is 24.0 Å². The molecule has 5 heteroatoms. The molecule has 0 spiro atoms. The fraction of sp³-hybridized carbons (Fsp3) is 0.286. The van der Waals surface area contributed by atoms with Crippen molar-refractivity contribution in [3.8, 4) is 0 Å². The number of nitrogens with one attached hydrogen (secondary N) is 2. The Bertz CT molecular complexity index is 589. The predicted octanol–water partition coefficient (Wildman–Crippen LogP) is 1.74. The Hall–Kier alpha value is -2.30. The standard InChI is InChI=1S/C14H16N2O3/c1-19-14(18)7-6-13(17)16-9-10-8-15-12-5-3-2-4-11(10)12/h2-5,8,15H,6-7,9H2,1H3,(H,16,17). The number of hydrogen-bond acceptors (Lipinski definition) is 3. The molecule has 1 amide bonds. The van der Waals surface area contributed by atoms with E-state index >= 15 is 0 Å². The van der Waals surface area contributed by atoms with Crippen LogP contribution in [0.3, 0.4) is 0 Å². The number of para-hydroxylation sites is 1. The quantitative estimate of drug-likeness (QED) is 0.804. The summed E-state index contributed by atoms with van der Waals surface area (Å²) in [5, 5.41) is 3.88. The highest BCUT2D eigenvalue weighted by Crippen LogP contribution is 2.17. The number of ether oxygens (including phenoxy) is 1. The largest absolute Gasteiger partial charge is 0.469 e. The molecule has 0 atom stereocenters. The molecule has 0 fully saturated rings. The summed E-state index contributed by atoms with van der Waals surface area (Å²) < 4.78 is 4.48. The zero-order valence-corrected chi connectivity index (χ0v) is 10.7. The molecule has 1 aromatic heterocycles. The first kappa shape index (κ1) is 13.1. The maximum Gasteiger partial charge on any atom is 0.306 e. The Balaban J connectivity index is 1.88. The van der Waals surface area contributed by atoms with Crippen LogP contribution in [0.1, 0.15) is 18.4 Å². The Morgan fingerprint density at radius 2 is 2.05 bits per heavy atom. The van der Waals surface area contributed by atoms with Gasteiger partial charge in [-0.1, -0.05) is 18.2 Å². The average Bonchev–Trinajstić information content (AvgIpc) is 2.85. The lowest BCUT2D eigenvalue weighted by molar-refractivity contribution is -0.142. The van der Waals surface area contributed by atoms with Gasteiger partial charge in [-0.2, -0.15) is 0 Å². The van der Waals surface area contributed by atoms with E-state index < -0.39 is 0 Å². The van der Waals surface area contributed by atoms with Gasteiger partial charge in [0.15, 0.2) is 0 Å². The van der Waals surface area contributed by atoms with Crippen LogP contribution in [0.5, 0.6) is 0 Å². The van der Waals surface area contributed by atoms with Crippen molar-refractivity contribution < 1.29 is 14.3 Å². The second-order valence-electron chi connectivity index (χ2n) is 4.21. The third-order valence-electron chi connectivity index (χ3n) is 2.93. The monoisotopic (exact) mass is 260 g/mol. The number of aromatic nitrogens is 1. The van der Waals surface area contributed by atoms with E-state index in [4.69, 9.17) is 0 Å². The fourth-order valence-electron chi connectivity index (χ4n) is 1.88. The van der Waals surface area contributed by atoms with Crippen LogP contribution in [0, 0.1) is 0 Å². The molecule has 2 N–H and O–H groups in total. The molecular weight excluding hydrogens is 244 g/mol. The highest BCUT2D eigenvalue weighted by molar-refractivity contribution is 5.84. The van der Waals surface area contributed by atoms with Crippen LogP contribution in [0.4, 0.5) is 0 Å². The summed E-state index contributed by atoms with van der Waals surface area (Å²) in [6, 6.07) is 7.90. The second-order valence-corrected chi connectivity index (χ2v) is 4.21. The minimum atomic E-state index is -0.373. The number of H-pyrrole nitrogens is 1. The highest BCUT2D eigenvalue weighted by Gasteiger charge is 2.08. The van der Waals surface area contributed by atoms with Gasteiger partial charge in [-0.3, -0.25) is 9.59 Å². The normalized spacial score (nSPS) is 10.4. The van der Waals surface area contributed by atoms with Crippen LogP contribution >= 0.6 is 0 Å². The second kappa shape index (κ2) is 6.04. The predicted molar refractivity (Wildman–Crippen MR) is 71.4 cm³/mol. The SMILES string of the molecule is COC(=O)CCC(=O)NCc1c[nH]c2ccccc12. The van der Waals surface area contributed by atoms with Crippen LogP contribution in [0.2, 0.25) is 0 Å². The number of hydrogen-bond donors (Lipinski definition) is 2. The first-order chi connectivity index (χ1) is 9.20. The van der Waals surface area contributed by atoms with Gasteiger partial charge >= 0.3 is 5.97 Å². The maximum atomic E-state index is 11.6. The van der Waals surface area contributed by atoms with Crippen molar-refractivity contribution in [1.82, 2.24) is 10.3 Å². The smallest absolute Gasteiger partial charge is 0.306 e. The number of rotatable bonds is 5. The fourth-order valence-corrected chi connectivity index (χ4v) is 1.88. The number of fused-ring (bicyclic) bond motifs is 1. The summed E-state index contributed by atoms with van der Waals surface area (Å²) in [5.74, 6) is -0.530. The number of carbonyl (C=O) groups is 2. The van der Waals surface area contributed by atoms with Crippen molar-refractivity contribution in [3.63, 3.8) is 0 Å². The molecular formula is C14H16N2O3. The summed E-state index contributed by atoms with van der Waals surface area (Å²) in [5.41, 5.74) is 2.07. The number of esters is 1. The third-order valence-corrected chi connectivity index (χ3v) is 2.93. The number of benzene rings is 1. The molecule has 0 unspecified atom stereocenters. The van der Waals surface area contributed by atoms with Gasteiger partial charge in [-0.05, 0) is 11.6 Å². The average molecular weight is 260 g/mol. The summed E-state index contributed by atoms with van der Waals surface area (Å²) >= 11 is 0. The topological polar surface area (TPSA) is 71.2 Å². The molecule has 1 aromatic carbocycles. The minimum Gasteiger partial charge on any atom is -0.469 e. The van der Waals surface area contributed by atoms with Crippen LogP contribution in [0.25, 0.3) is 10.9 Å². The van der Waals surface area contributed by atoms with E-state index in [1.807, 2.05) is 30.5 Å². The van der Waals surface area contributed by atoms with E-state index in [1.54, 1.807) is 0 Å². The number of aromatic amines is 1. The molecule has 0 saturated heterocycles. The third kappa shape index (κ3) is 3.34. The highest BCUT2D eigenvalue weighted by atomic mass is 16.5. The van der Waals surface area contributed by atoms with E-state index in [9.17, 15) is 9.59 Å². The van der Waals surface area contributed by atoms with Crippen molar-refractivity contribution in [2.75, 3.05) is 7.11 Å². The van der Waals surface area contributed by atoms with Gasteiger partial charge in [0.2, 0.25) is 5.91 Å². The molecule has 1 heterocycles. The van der Waals surface area contributed by atoms with Gasteiger partial charge in [-0.15, -0.1) is 0 Å². The number of carbonyl (C=O) groups excluding carboxylic acids is 2. The van der Waals surface area contributed by atoms with Gasteiger partial charge in [0, 0.05) is 30.1 Å². The summed E-state index contributed by atoms with van der Waals surface area (Å²) in [7, 11) is 1.31. The Morgan fingerprint density at radius 3 is 2.84 bits per heavy atom. The molecule has 0 bridgehead atoms. The molecule has 0 aliphatic heterocycles. The molecule has 100 valence electrons. The lowest BCUT2D eigenvalue weighted by Gasteiger charge is -2.04. The Labute approximate surface area is 110 Å². The molecule has 5 nitrogen and oxygen atoms in total. The Morgan fingerprint density at radius 1 is 1.26 bits per heavy atom. The first-order valence-electron chi connectivity index (χ1n) is 6.09. The Kier molecular flexibility index (Phi) is 4.18. The van der Waals surface area contributed by atoms with Crippen molar-refractivity contribution >= 4 is 22.8 Å². The van der Waals surface area contributed by atoms with Gasteiger partial charge in [0.25, 0.3) is 0 Å². The van der Waals surface area contributed by atoms with Crippen LogP contribution in [0.15, 0.2) is 30.5 Å². The molecule has 0 aliphatic carbocycles. The zero-order chi connectivity index (χ0) is 13.7. The van der Waals surface area contributed by atoms with E-state index in [0.29, 0.717) is 6.54 Å². The van der Waals surface area contributed by atoms with Crippen molar-refractivity contribution in [3.05, 3.63) is 36.0 Å². The number of amides is 1. The molecule has 0 aliphatic rings. The van der Waals surface area contributed by atoms with Gasteiger partial charge in [0.1, 0.15) is 0 Å². The lowest BCUT2D eigenvalue weighted by atomic mass is 10.2. The summed E-state index contributed by atoms with van der Waals surface area (Å²) in [6.45, 7) is 0.448. The van der Waals surface area contributed by atoms with Gasteiger partial charge < -0.3 is 15.0 Å². The summed E-state index contributed by atoms with van der Waals surface area (Å²) in [4.78, 5) is 25.6. The van der Waals surface area contributed by atoms with E-state index in [-0.39, 0.29) is 24.7 Å². The van der Waals surface area contributed by atoms with E-state index in [1.165, 1.54) is 7.11 Å². The van der Waals surface area contributed by atoms with E-state index in [2.05, 4.69) is 15.0 Å². The van der Waals surface area contributed by atoms with Crippen molar-refractivity contribution in [2.24, 2.45) is 0 Å². The molecule has 0 radical (unpaired) electrons. The van der Waals surface area contributed by atoms with E-state index in [0.717, 1.165) is 16.5 Å².